The molecular formula is C14H10Cl3NO5. The molecule has 1 aromatic carbocycles. The Bertz CT molecular complexity index is 756. The summed E-state index contributed by atoms with van der Waals surface area (Å²) in [6.07, 6.45) is 0. The van der Waals surface area contributed by atoms with Gasteiger partial charge in [0.25, 0.3) is 0 Å². The summed E-state index contributed by atoms with van der Waals surface area (Å²) in [6.45, 7) is 0.334. The highest BCUT2D eigenvalue weighted by Gasteiger charge is 2.48. The number of nitrogens with zero attached hydrogens (tertiary/aromatic N) is 1. The van der Waals surface area contributed by atoms with Crippen LogP contribution < -0.4 is 0 Å². The van der Waals surface area contributed by atoms with E-state index in [4.69, 9.17) is 48.8 Å². The van der Waals surface area contributed by atoms with Gasteiger partial charge in [0.2, 0.25) is 0 Å². The number of hydrogen-bond acceptors (Lipinski definition) is 5. The van der Waals surface area contributed by atoms with E-state index in [1.165, 1.54) is 19.2 Å². The first-order chi connectivity index (χ1) is 10.9. The van der Waals surface area contributed by atoms with Gasteiger partial charge in [0.05, 0.1) is 23.3 Å². The van der Waals surface area contributed by atoms with Gasteiger partial charge < -0.3 is 19.1 Å². The molecule has 1 aliphatic heterocycles. The molecule has 0 spiro atoms. The first-order valence-corrected chi connectivity index (χ1v) is 7.54. The van der Waals surface area contributed by atoms with Crippen LogP contribution in [0.2, 0.25) is 15.1 Å². The molecule has 1 fully saturated rings. The highest BCUT2D eigenvalue weighted by atomic mass is 35.5. The van der Waals surface area contributed by atoms with Crippen molar-refractivity contribution >= 4 is 40.8 Å². The number of aromatic nitrogens is 1. The topological polar surface area (TPSA) is 81.8 Å². The summed E-state index contributed by atoms with van der Waals surface area (Å²) in [7, 11) is 1.44. The van der Waals surface area contributed by atoms with E-state index in [1.807, 2.05) is 0 Å². The highest BCUT2D eigenvalue weighted by molar-refractivity contribution is 6.42. The van der Waals surface area contributed by atoms with Crippen LogP contribution in [0.15, 0.2) is 16.7 Å². The highest BCUT2D eigenvalue weighted by Crippen LogP contribution is 2.43. The molecule has 2 heterocycles. The fourth-order valence-electron chi connectivity index (χ4n) is 2.37. The number of halogens is 3. The Hall–Kier alpha value is -1.31. The maximum atomic E-state index is 11.8. The number of aromatic carboxylic acids is 1. The smallest absolute Gasteiger partial charge is 0.341 e. The Morgan fingerprint density at radius 2 is 1.91 bits per heavy atom. The van der Waals surface area contributed by atoms with E-state index < -0.39 is 11.6 Å². The van der Waals surface area contributed by atoms with Crippen LogP contribution >= 0.6 is 34.8 Å². The molecule has 6 nitrogen and oxygen atoms in total. The van der Waals surface area contributed by atoms with Gasteiger partial charge in [0, 0.05) is 17.7 Å². The second kappa shape index (κ2) is 5.96. The third kappa shape index (κ3) is 2.60. The second-order valence-corrected chi connectivity index (χ2v) is 6.23. The SMILES string of the molecule is COC1(c2onc(-c3c(Cl)cc(Cl)cc3Cl)c2C(=O)O)COC1. The lowest BCUT2D eigenvalue weighted by molar-refractivity contribution is -0.213. The molecule has 0 amide bonds. The number of carboxylic acid groups (broad SMARTS) is 1. The van der Waals surface area contributed by atoms with Crippen LogP contribution in [0.25, 0.3) is 11.3 Å². The standard InChI is InChI=1S/C14H10Cl3NO5/c1-21-14(4-22-5-14)12-10(13(19)20)11(18-23-12)9-7(16)2-6(15)3-8(9)17/h2-3H,4-5H2,1H3,(H,19,20). The molecule has 0 saturated carbocycles. The van der Waals surface area contributed by atoms with Gasteiger partial charge in [-0.2, -0.15) is 0 Å². The van der Waals surface area contributed by atoms with Gasteiger partial charge in [-0.25, -0.2) is 4.79 Å². The molecule has 1 aromatic heterocycles. The number of carbonyl (C=O) groups is 1. The lowest BCUT2D eigenvalue weighted by atomic mass is 9.93. The Kier molecular flexibility index (Phi) is 4.29. The minimum atomic E-state index is -1.23. The molecule has 23 heavy (non-hydrogen) atoms. The van der Waals surface area contributed by atoms with Gasteiger partial charge >= 0.3 is 5.97 Å². The first-order valence-electron chi connectivity index (χ1n) is 6.41. The van der Waals surface area contributed by atoms with Crippen LogP contribution in [-0.2, 0) is 15.1 Å². The largest absolute Gasteiger partial charge is 0.477 e. The van der Waals surface area contributed by atoms with Crippen LogP contribution in [0.3, 0.4) is 0 Å². The van der Waals surface area contributed by atoms with E-state index in [-0.39, 0.29) is 45.8 Å². The minimum absolute atomic E-state index is 0.0162. The number of rotatable bonds is 4. The van der Waals surface area contributed by atoms with E-state index in [1.54, 1.807) is 0 Å². The molecule has 0 radical (unpaired) electrons. The maximum Gasteiger partial charge on any atom is 0.341 e. The Labute approximate surface area is 145 Å². The molecule has 9 heteroatoms. The molecule has 2 aromatic rings. The zero-order valence-electron chi connectivity index (χ0n) is 11.7. The van der Waals surface area contributed by atoms with Crippen molar-refractivity contribution in [2.24, 2.45) is 0 Å². The van der Waals surface area contributed by atoms with Crippen LogP contribution in [0.5, 0.6) is 0 Å². The summed E-state index contributed by atoms with van der Waals surface area (Å²) in [4.78, 5) is 11.8. The van der Waals surface area contributed by atoms with Crippen molar-refractivity contribution in [3.8, 4) is 11.3 Å². The van der Waals surface area contributed by atoms with Gasteiger partial charge in [0.15, 0.2) is 11.4 Å². The summed E-state index contributed by atoms with van der Waals surface area (Å²) in [6, 6.07) is 2.89. The Balaban J connectivity index is 2.23. The lowest BCUT2D eigenvalue weighted by Gasteiger charge is -2.37. The third-order valence-electron chi connectivity index (χ3n) is 3.62. The van der Waals surface area contributed by atoms with Crippen LogP contribution in [-0.4, -0.2) is 36.6 Å². The first kappa shape index (κ1) is 16.5. The summed E-state index contributed by atoms with van der Waals surface area (Å²) >= 11 is 18.2. The van der Waals surface area contributed by atoms with Gasteiger partial charge in [-0.3, -0.25) is 0 Å². The van der Waals surface area contributed by atoms with Gasteiger partial charge in [-0.05, 0) is 12.1 Å². The predicted octanol–water partition coefficient (Wildman–Crippen LogP) is 3.87. The quantitative estimate of drug-likeness (QED) is 0.869. The molecule has 0 aliphatic carbocycles. The van der Waals surface area contributed by atoms with Crippen molar-refractivity contribution in [3.63, 3.8) is 0 Å². The van der Waals surface area contributed by atoms with E-state index in [0.29, 0.717) is 5.02 Å². The van der Waals surface area contributed by atoms with E-state index in [9.17, 15) is 9.90 Å². The van der Waals surface area contributed by atoms with Crippen molar-refractivity contribution < 1.29 is 23.9 Å². The minimum Gasteiger partial charge on any atom is -0.477 e. The summed E-state index contributed by atoms with van der Waals surface area (Å²) < 4.78 is 15.8. The zero-order valence-corrected chi connectivity index (χ0v) is 14.0. The predicted molar refractivity (Wildman–Crippen MR) is 83.4 cm³/mol. The van der Waals surface area contributed by atoms with E-state index in [2.05, 4.69) is 5.16 Å². The van der Waals surface area contributed by atoms with Gasteiger partial charge in [-0.15, -0.1) is 0 Å². The summed E-state index contributed by atoms with van der Waals surface area (Å²) in [5, 5.41) is 14.1. The second-order valence-electron chi connectivity index (χ2n) is 4.98. The van der Waals surface area contributed by atoms with Crippen LogP contribution in [0.1, 0.15) is 16.1 Å². The fourth-order valence-corrected chi connectivity index (χ4v) is 3.36. The monoisotopic (exact) mass is 377 g/mol. The van der Waals surface area contributed by atoms with Gasteiger partial charge in [-0.1, -0.05) is 40.0 Å². The van der Waals surface area contributed by atoms with Crippen molar-refractivity contribution in [2.45, 2.75) is 5.60 Å². The molecule has 1 N–H and O–H groups in total. The van der Waals surface area contributed by atoms with Crippen molar-refractivity contribution in [2.75, 3.05) is 20.3 Å². The van der Waals surface area contributed by atoms with E-state index >= 15 is 0 Å². The summed E-state index contributed by atoms with van der Waals surface area (Å²) in [5.41, 5.74) is -0.898. The normalized spacial score (nSPS) is 16.2. The van der Waals surface area contributed by atoms with Crippen molar-refractivity contribution in [3.05, 3.63) is 38.5 Å². The third-order valence-corrected chi connectivity index (χ3v) is 4.44. The molecule has 0 unspecified atom stereocenters. The number of carboxylic acids is 1. The number of hydrogen-bond donors (Lipinski definition) is 1. The molecule has 0 atom stereocenters. The van der Waals surface area contributed by atoms with Crippen LogP contribution in [0.4, 0.5) is 0 Å². The van der Waals surface area contributed by atoms with E-state index in [0.717, 1.165) is 0 Å². The average molecular weight is 379 g/mol. The van der Waals surface area contributed by atoms with Gasteiger partial charge in [0.1, 0.15) is 11.3 Å². The molecule has 1 saturated heterocycles. The Morgan fingerprint density at radius 1 is 1.30 bits per heavy atom. The van der Waals surface area contributed by atoms with Crippen molar-refractivity contribution in [1.29, 1.82) is 0 Å². The average Bonchev–Trinajstić information content (AvgIpc) is 2.82. The summed E-state index contributed by atoms with van der Waals surface area (Å²) in [5.74, 6) is -1.17. The molecule has 0 bridgehead atoms. The molecule has 3 rings (SSSR count). The molecular weight excluding hydrogens is 369 g/mol. The van der Waals surface area contributed by atoms with Crippen molar-refractivity contribution in [1.82, 2.24) is 5.16 Å². The van der Waals surface area contributed by atoms with Crippen LogP contribution in [0, 0.1) is 0 Å². The Morgan fingerprint density at radius 3 is 2.35 bits per heavy atom. The maximum absolute atomic E-state index is 11.8. The molecule has 1 aliphatic rings. The number of benzene rings is 1. The number of ether oxygens (including phenoxy) is 2. The number of methoxy groups -OCH3 is 1. The fraction of sp³-hybridized carbons (Fsp3) is 0.286. The zero-order chi connectivity index (χ0) is 16.8. The lowest BCUT2D eigenvalue weighted by Crippen LogP contribution is -2.48. The molecule has 122 valence electrons.